The predicted octanol–water partition coefficient (Wildman–Crippen LogP) is 8.05. The number of alkyl halides is 10. The number of hydrogen-bond acceptors (Lipinski definition) is 2. The molecule has 0 saturated heterocycles. The minimum absolute atomic E-state index is 0.290. The van der Waals surface area contributed by atoms with Crippen LogP contribution < -0.4 is 11.1 Å². The molecule has 0 aliphatic heterocycles. The zero-order valence-electron chi connectivity index (χ0n) is 19.4. The van der Waals surface area contributed by atoms with E-state index in [1.807, 2.05) is 0 Å². The molecule has 0 heterocycles. The number of halogens is 13. The number of anilines is 1. The van der Waals surface area contributed by atoms with Crippen LogP contribution in [0.5, 0.6) is 0 Å². The monoisotopic (exact) mass is 666 g/mol. The first-order chi connectivity index (χ1) is 18.6. The van der Waals surface area contributed by atoms with E-state index in [1.165, 1.54) is 17.4 Å². The third-order valence-corrected chi connectivity index (χ3v) is 6.24. The Bertz CT molecular complexity index is 1520. The first kappa shape index (κ1) is 31.8. The molecule has 0 unspecified atom stereocenters. The van der Waals surface area contributed by atoms with Gasteiger partial charge in [-0.1, -0.05) is 18.2 Å². The fraction of sp³-hybridized carbons (Fsp3) is 0.167. The van der Waals surface area contributed by atoms with E-state index in [0.29, 0.717) is 12.1 Å². The van der Waals surface area contributed by atoms with Gasteiger partial charge in [-0.3, -0.25) is 9.59 Å². The van der Waals surface area contributed by atoms with Gasteiger partial charge >= 0.3 is 24.2 Å². The van der Waals surface area contributed by atoms with Gasteiger partial charge in [-0.15, -0.1) is 0 Å². The van der Waals surface area contributed by atoms with E-state index in [9.17, 15) is 57.9 Å². The number of benzene rings is 3. The number of carbonyl (C=O) groups excluding carboxylic acids is 2. The smallest absolute Gasteiger partial charge is 0.366 e. The van der Waals surface area contributed by atoms with Crippen molar-refractivity contribution in [2.75, 3.05) is 5.32 Å². The molecule has 0 spiro atoms. The van der Waals surface area contributed by atoms with E-state index in [-0.39, 0.29) is 6.07 Å². The molecule has 0 aromatic heterocycles. The summed E-state index contributed by atoms with van der Waals surface area (Å²) >= 11 is 2.30. The molecule has 0 aliphatic rings. The van der Waals surface area contributed by atoms with Crippen LogP contribution in [-0.2, 0) is 11.8 Å². The summed E-state index contributed by atoms with van der Waals surface area (Å²) in [7, 11) is 0. The van der Waals surface area contributed by atoms with Crippen LogP contribution in [0.1, 0.15) is 31.8 Å². The highest BCUT2D eigenvalue weighted by molar-refractivity contribution is 9.10. The molecule has 0 saturated carbocycles. The van der Waals surface area contributed by atoms with Gasteiger partial charge in [0.15, 0.2) is 0 Å². The molecular formula is C24H11BrF12N2O2. The van der Waals surface area contributed by atoms with Crippen molar-refractivity contribution in [3.63, 3.8) is 0 Å². The van der Waals surface area contributed by atoms with Crippen molar-refractivity contribution in [3.05, 3.63) is 86.9 Å². The Labute approximate surface area is 229 Å². The maximum atomic E-state index is 15.3. The largest absolute Gasteiger partial charge is 0.435 e. The van der Waals surface area contributed by atoms with Gasteiger partial charge in [-0.2, -0.15) is 39.5 Å². The number of nitrogens with two attached hydrogens (primary N) is 1. The Morgan fingerprint density at radius 3 is 1.85 bits per heavy atom. The molecule has 17 heteroatoms. The molecule has 0 aliphatic carbocycles. The van der Waals surface area contributed by atoms with Gasteiger partial charge in [0.1, 0.15) is 11.6 Å². The van der Waals surface area contributed by atoms with Gasteiger partial charge in [0.05, 0.1) is 22.4 Å². The van der Waals surface area contributed by atoms with E-state index in [0.717, 1.165) is 12.1 Å². The third-order valence-electron chi connectivity index (χ3n) is 5.61. The topological polar surface area (TPSA) is 72.2 Å². The standard InChI is InChI=1S/C24H11BrF12N2O2/c25-14-8-9(21(28,23(32,33)34)24(35,36)37)7-13(22(29,30)31)18(14)39-20(41)12-5-6-15(26)16(17(12)27)10-3-1-2-4-11(10)19(38)40/h1-8H,(H2,38,40)(H,39,41). The summed E-state index contributed by atoms with van der Waals surface area (Å²) in [5.41, 5.74) is -10.5. The van der Waals surface area contributed by atoms with Crippen LogP contribution in [0.15, 0.2) is 53.0 Å². The van der Waals surface area contributed by atoms with Crippen molar-refractivity contribution in [2.45, 2.75) is 24.2 Å². The first-order valence-electron chi connectivity index (χ1n) is 10.5. The summed E-state index contributed by atoms with van der Waals surface area (Å²) in [6, 6.07) is 4.48. The van der Waals surface area contributed by atoms with Gasteiger partial charge in [-0.05, 0) is 46.3 Å². The number of primary amides is 1. The zero-order chi connectivity index (χ0) is 31.3. The second-order valence-electron chi connectivity index (χ2n) is 8.18. The maximum Gasteiger partial charge on any atom is 0.435 e. The molecule has 3 aromatic rings. The summed E-state index contributed by atoms with van der Waals surface area (Å²) in [5.74, 6) is -5.98. The molecule has 0 bridgehead atoms. The van der Waals surface area contributed by atoms with Crippen molar-refractivity contribution in [1.82, 2.24) is 0 Å². The number of nitrogens with one attached hydrogen (secondary N) is 1. The van der Waals surface area contributed by atoms with Crippen molar-refractivity contribution in [2.24, 2.45) is 5.73 Å². The van der Waals surface area contributed by atoms with Gasteiger partial charge < -0.3 is 11.1 Å². The molecule has 4 nitrogen and oxygen atoms in total. The number of carbonyl (C=O) groups is 2. The minimum Gasteiger partial charge on any atom is -0.366 e. The number of amides is 2. The molecular weight excluding hydrogens is 656 g/mol. The molecule has 2 amide bonds. The van der Waals surface area contributed by atoms with Crippen molar-refractivity contribution in [3.8, 4) is 11.1 Å². The summed E-state index contributed by atoms with van der Waals surface area (Å²) in [6.45, 7) is 0. The van der Waals surface area contributed by atoms with E-state index >= 15 is 4.39 Å². The van der Waals surface area contributed by atoms with Gasteiger partial charge in [0.2, 0.25) is 5.91 Å². The molecule has 0 atom stereocenters. The summed E-state index contributed by atoms with van der Waals surface area (Å²) < 4.78 is 163. The van der Waals surface area contributed by atoms with E-state index in [1.54, 1.807) is 0 Å². The summed E-state index contributed by atoms with van der Waals surface area (Å²) in [6.07, 6.45) is -19.3. The van der Waals surface area contributed by atoms with Crippen LogP contribution in [0.3, 0.4) is 0 Å². The van der Waals surface area contributed by atoms with Gasteiger partial charge in [0, 0.05) is 21.2 Å². The van der Waals surface area contributed by atoms with Crippen LogP contribution in [0.4, 0.5) is 58.4 Å². The van der Waals surface area contributed by atoms with Crippen LogP contribution in [0.2, 0.25) is 0 Å². The van der Waals surface area contributed by atoms with E-state index in [2.05, 4.69) is 15.9 Å². The lowest BCUT2D eigenvalue weighted by Crippen LogP contribution is -2.50. The second-order valence-corrected chi connectivity index (χ2v) is 9.03. The van der Waals surface area contributed by atoms with Crippen molar-refractivity contribution < 1.29 is 62.3 Å². The summed E-state index contributed by atoms with van der Waals surface area (Å²) in [4.78, 5) is 24.5. The van der Waals surface area contributed by atoms with Crippen LogP contribution in [0, 0.1) is 11.6 Å². The van der Waals surface area contributed by atoms with E-state index < -0.39 is 97.3 Å². The quantitative estimate of drug-likeness (QED) is 0.271. The molecule has 220 valence electrons. The Morgan fingerprint density at radius 1 is 0.780 bits per heavy atom. The van der Waals surface area contributed by atoms with Crippen molar-refractivity contribution in [1.29, 1.82) is 0 Å². The third kappa shape index (κ3) is 5.71. The zero-order valence-corrected chi connectivity index (χ0v) is 21.0. The van der Waals surface area contributed by atoms with Crippen LogP contribution in [-0.4, -0.2) is 24.2 Å². The fourth-order valence-corrected chi connectivity index (χ4v) is 4.28. The van der Waals surface area contributed by atoms with Gasteiger partial charge in [-0.25, -0.2) is 13.2 Å². The van der Waals surface area contributed by atoms with E-state index in [4.69, 9.17) is 5.73 Å². The van der Waals surface area contributed by atoms with Crippen LogP contribution >= 0.6 is 15.9 Å². The molecule has 3 rings (SSSR count). The average molecular weight is 667 g/mol. The Morgan fingerprint density at radius 2 is 1.34 bits per heavy atom. The molecule has 3 aromatic carbocycles. The highest BCUT2D eigenvalue weighted by atomic mass is 79.9. The van der Waals surface area contributed by atoms with Gasteiger partial charge in [0.25, 0.3) is 5.91 Å². The fourth-order valence-electron chi connectivity index (χ4n) is 3.72. The average Bonchev–Trinajstić information content (AvgIpc) is 2.82. The predicted molar refractivity (Wildman–Crippen MR) is 122 cm³/mol. The SMILES string of the molecule is NC(=O)c1ccccc1-c1c(F)ccc(C(=O)Nc2c(Br)cc(C(F)(C(F)(F)F)C(F)(F)F)cc2C(F)(F)F)c1F. The molecule has 0 radical (unpaired) electrons. The molecule has 0 fully saturated rings. The lowest BCUT2D eigenvalue weighted by Gasteiger charge is -2.31. The summed E-state index contributed by atoms with van der Waals surface area (Å²) in [5, 5.41) is 1.49. The molecule has 3 N–H and O–H groups in total. The maximum absolute atomic E-state index is 15.3. The normalized spacial score (nSPS) is 12.8. The Hall–Kier alpha value is -3.76. The second kappa shape index (κ2) is 10.6. The highest BCUT2D eigenvalue weighted by Gasteiger charge is 2.73. The highest BCUT2D eigenvalue weighted by Crippen LogP contribution is 2.55. The number of hydrogen-bond donors (Lipinski definition) is 2. The van der Waals surface area contributed by atoms with Crippen LogP contribution in [0.25, 0.3) is 11.1 Å². The molecule has 41 heavy (non-hydrogen) atoms. The van der Waals surface area contributed by atoms with Crippen molar-refractivity contribution >= 4 is 33.4 Å². The Kier molecular flexibility index (Phi) is 8.19. The minimum atomic E-state index is -6.76. The number of rotatable bonds is 5. The first-order valence-corrected chi connectivity index (χ1v) is 11.3. The Balaban J connectivity index is 2.20. The lowest BCUT2D eigenvalue weighted by atomic mass is 9.91. The lowest BCUT2D eigenvalue weighted by molar-refractivity contribution is -0.348.